The number of nitrogens with zero attached hydrogens (tertiary/aromatic N) is 1. The Hall–Kier alpha value is -2.08. The van der Waals surface area contributed by atoms with Crippen molar-refractivity contribution in [2.24, 2.45) is 0 Å². The number of methoxy groups -OCH3 is 2. The number of carbonyl (C=O) groups excluding carboxylic acids is 1. The van der Waals surface area contributed by atoms with Crippen LogP contribution in [0.15, 0.2) is 29.6 Å². The zero-order chi connectivity index (χ0) is 13.0. The summed E-state index contributed by atoms with van der Waals surface area (Å²) < 4.78 is 9.66. The number of aromatic nitrogens is 1. The summed E-state index contributed by atoms with van der Waals surface area (Å²) in [7, 11) is 2.95. The number of benzene rings is 1. The molecule has 0 saturated heterocycles. The Kier molecular flexibility index (Phi) is 3.78. The van der Waals surface area contributed by atoms with Crippen LogP contribution >= 0.6 is 11.3 Å². The molecule has 0 spiro atoms. The molecular formula is C12H12N2O3S. The van der Waals surface area contributed by atoms with Gasteiger partial charge in [0.2, 0.25) is 0 Å². The van der Waals surface area contributed by atoms with Gasteiger partial charge in [-0.2, -0.15) is 0 Å². The van der Waals surface area contributed by atoms with Gasteiger partial charge in [0, 0.05) is 11.1 Å². The number of rotatable bonds is 4. The molecule has 0 radical (unpaired) electrons. The lowest BCUT2D eigenvalue weighted by atomic mass is 10.3. The molecule has 2 rings (SSSR count). The minimum Gasteiger partial charge on any atom is -0.497 e. The summed E-state index contributed by atoms with van der Waals surface area (Å²) in [5, 5.41) is 5.39. The average molecular weight is 264 g/mol. The minimum atomic E-state index is -0.436. The van der Waals surface area contributed by atoms with E-state index in [9.17, 15) is 4.79 Å². The summed E-state index contributed by atoms with van der Waals surface area (Å²) in [6.07, 6.45) is 0. The van der Waals surface area contributed by atoms with Crippen LogP contribution in [-0.4, -0.2) is 25.2 Å². The third-order valence-electron chi connectivity index (χ3n) is 2.24. The van der Waals surface area contributed by atoms with Crippen molar-refractivity contribution >= 4 is 28.1 Å². The first-order valence-corrected chi connectivity index (χ1v) is 6.06. The SMILES string of the molecule is COC(=O)c1csc(Nc2ccc(OC)cc2)n1. The lowest BCUT2D eigenvalue weighted by Crippen LogP contribution is -2.01. The fraction of sp³-hybridized carbons (Fsp3) is 0.167. The molecule has 0 atom stereocenters. The summed E-state index contributed by atoms with van der Waals surface area (Å²) in [6, 6.07) is 7.43. The van der Waals surface area contributed by atoms with Crippen molar-refractivity contribution < 1.29 is 14.3 Å². The van der Waals surface area contributed by atoms with Crippen LogP contribution in [0.4, 0.5) is 10.8 Å². The van der Waals surface area contributed by atoms with Crippen LogP contribution in [0.5, 0.6) is 5.75 Å². The second kappa shape index (κ2) is 5.50. The van der Waals surface area contributed by atoms with E-state index in [1.807, 2.05) is 24.3 Å². The first-order valence-electron chi connectivity index (χ1n) is 5.18. The van der Waals surface area contributed by atoms with Crippen molar-refractivity contribution in [3.8, 4) is 5.75 Å². The van der Waals surface area contributed by atoms with Gasteiger partial charge in [-0.25, -0.2) is 9.78 Å². The molecule has 94 valence electrons. The summed E-state index contributed by atoms with van der Waals surface area (Å²) in [5.74, 6) is 0.351. The van der Waals surface area contributed by atoms with Crippen molar-refractivity contribution in [3.63, 3.8) is 0 Å². The Morgan fingerprint density at radius 2 is 2.00 bits per heavy atom. The molecular weight excluding hydrogens is 252 g/mol. The van der Waals surface area contributed by atoms with E-state index in [0.29, 0.717) is 10.8 Å². The second-order valence-electron chi connectivity index (χ2n) is 3.38. The van der Waals surface area contributed by atoms with E-state index in [1.54, 1.807) is 12.5 Å². The van der Waals surface area contributed by atoms with Crippen LogP contribution < -0.4 is 10.1 Å². The Morgan fingerprint density at radius 1 is 1.28 bits per heavy atom. The third kappa shape index (κ3) is 2.78. The highest BCUT2D eigenvalue weighted by Gasteiger charge is 2.10. The van der Waals surface area contributed by atoms with Gasteiger partial charge in [0.1, 0.15) is 5.75 Å². The largest absolute Gasteiger partial charge is 0.497 e. The molecule has 0 aliphatic heterocycles. The molecule has 0 bridgehead atoms. The molecule has 18 heavy (non-hydrogen) atoms. The normalized spacial score (nSPS) is 9.89. The molecule has 5 nitrogen and oxygen atoms in total. The van der Waals surface area contributed by atoms with Gasteiger partial charge in [-0.1, -0.05) is 0 Å². The standard InChI is InChI=1S/C12H12N2O3S/c1-16-9-5-3-8(4-6-9)13-12-14-10(7-18-12)11(15)17-2/h3-7H,1-2H3,(H,13,14). The highest BCUT2D eigenvalue weighted by molar-refractivity contribution is 7.14. The summed E-state index contributed by atoms with van der Waals surface area (Å²) in [4.78, 5) is 15.4. The van der Waals surface area contributed by atoms with Gasteiger partial charge in [0.15, 0.2) is 10.8 Å². The summed E-state index contributed by atoms with van der Waals surface area (Å²) in [6.45, 7) is 0. The van der Waals surface area contributed by atoms with Crippen molar-refractivity contribution in [1.82, 2.24) is 4.98 Å². The molecule has 1 N–H and O–H groups in total. The highest BCUT2D eigenvalue weighted by atomic mass is 32.1. The number of esters is 1. The number of hydrogen-bond donors (Lipinski definition) is 1. The van der Waals surface area contributed by atoms with Gasteiger partial charge in [-0.15, -0.1) is 11.3 Å². The van der Waals surface area contributed by atoms with Crippen molar-refractivity contribution in [2.75, 3.05) is 19.5 Å². The number of anilines is 2. The molecule has 6 heteroatoms. The van der Waals surface area contributed by atoms with Crippen LogP contribution in [0.1, 0.15) is 10.5 Å². The zero-order valence-corrected chi connectivity index (χ0v) is 10.8. The zero-order valence-electron chi connectivity index (χ0n) is 9.97. The average Bonchev–Trinajstić information content (AvgIpc) is 2.87. The van der Waals surface area contributed by atoms with E-state index in [-0.39, 0.29) is 0 Å². The molecule has 0 fully saturated rings. The maximum absolute atomic E-state index is 11.2. The van der Waals surface area contributed by atoms with E-state index >= 15 is 0 Å². The van der Waals surface area contributed by atoms with Crippen molar-refractivity contribution in [2.45, 2.75) is 0 Å². The molecule has 1 aromatic heterocycles. The van der Waals surface area contributed by atoms with Gasteiger partial charge in [0.25, 0.3) is 0 Å². The van der Waals surface area contributed by atoms with Gasteiger partial charge >= 0.3 is 5.97 Å². The lowest BCUT2D eigenvalue weighted by Gasteiger charge is -2.03. The summed E-state index contributed by atoms with van der Waals surface area (Å²) >= 11 is 1.34. The van der Waals surface area contributed by atoms with E-state index in [2.05, 4.69) is 15.0 Å². The maximum Gasteiger partial charge on any atom is 0.357 e. The van der Waals surface area contributed by atoms with E-state index in [0.717, 1.165) is 11.4 Å². The topological polar surface area (TPSA) is 60.5 Å². The van der Waals surface area contributed by atoms with Gasteiger partial charge in [0.05, 0.1) is 14.2 Å². The van der Waals surface area contributed by atoms with Crippen LogP contribution in [0.3, 0.4) is 0 Å². The molecule has 2 aromatic rings. The Balaban J connectivity index is 2.08. The molecule has 0 amide bonds. The fourth-order valence-electron chi connectivity index (χ4n) is 1.33. The predicted molar refractivity (Wildman–Crippen MR) is 69.7 cm³/mol. The lowest BCUT2D eigenvalue weighted by molar-refractivity contribution is 0.0595. The predicted octanol–water partition coefficient (Wildman–Crippen LogP) is 2.68. The van der Waals surface area contributed by atoms with Crippen LogP contribution in [0.25, 0.3) is 0 Å². The Bertz CT molecular complexity index is 537. The number of hydrogen-bond acceptors (Lipinski definition) is 6. The van der Waals surface area contributed by atoms with E-state index in [4.69, 9.17) is 4.74 Å². The van der Waals surface area contributed by atoms with Gasteiger partial charge in [-0.05, 0) is 24.3 Å². The first-order chi connectivity index (χ1) is 8.72. The quantitative estimate of drug-likeness (QED) is 0.860. The second-order valence-corrected chi connectivity index (χ2v) is 4.24. The maximum atomic E-state index is 11.2. The third-order valence-corrected chi connectivity index (χ3v) is 3.00. The smallest absolute Gasteiger partial charge is 0.357 e. The fourth-order valence-corrected chi connectivity index (χ4v) is 2.03. The number of ether oxygens (including phenoxy) is 2. The van der Waals surface area contributed by atoms with E-state index < -0.39 is 5.97 Å². The molecule has 0 aliphatic rings. The van der Waals surface area contributed by atoms with E-state index in [1.165, 1.54) is 18.4 Å². The summed E-state index contributed by atoms with van der Waals surface area (Å²) in [5.41, 5.74) is 1.18. The van der Waals surface area contributed by atoms with Crippen molar-refractivity contribution in [1.29, 1.82) is 0 Å². The highest BCUT2D eigenvalue weighted by Crippen LogP contribution is 2.22. The molecule has 0 saturated carbocycles. The van der Waals surface area contributed by atoms with Crippen LogP contribution in [0.2, 0.25) is 0 Å². The Morgan fingerprint density at radius 3 is 2.61 bits per heavy atom. The Labute approximate surface area is 108 Å². The number of nitrogens with one attached hydrogen (secondary N) is 1. The first kappa shape index (κ1) is 12.4. The number of thiazole rings is 1. The van der Waals surface area contributed by atoms with Gasteiger partial charge in [-0.3, -0.25) is 0 Å². The molecule has 0 unspecified atom stereocenters. The monoisotopic (exact) mass is 264 g/mol. The van der Waals surface area contributed by atoms with Gasteiger partial charge < -0.3 is 14.8 Å². The van der Waals surface area contributed by atoms with Crippen LogP contribution in [0, 0.1) is 0 Å². The van der Waals surface area contributed by atoms with Crippen LogP contribution in [-0.2, 0) is 4.74 Å². The van der Waals surface area contributed by atoms with Crippen molar-refractivity contribution in [3.05, 3.63) is 35.3 Å². The number of carbonyl (C=O) groups is 1. The molecule has 1 aromatic carbocycles. The molecule has 0 aliphatic carbocycles. The minimum absolute atomic E-state index is 0.304. The molecule has 1 heterocycles.